The first-order valence-corrected chi connectivity index (χ1v) is 9.75. The fourth-order valence-electron chi connectivity index (χ4n) is 3.30. The first-order valence-electron chi connectivity index (χ1n) is 9.75. The zero-order valence-electron chi connectivity index (χ0n) is 16.7. The van der Waals surface area contributed by atoms with E-state index in [0.717, 1.165) is 30.7 Å². The fraction of sp³-hybridized carbons (Fsp3) is 0.500. The molecule has 1 unspecified atom stereocenters. The molecule has 0 spiro atoms. The van der Waals surface area contributed by atoms with Crippen molar-refractivity contribution in [2.45, 2.75) is 45.3 Å². The lowest BCUT2D eigenvalue weighted by Gasteiger charge is -2.34. The van der Waals surface area contributed by atoms with Crippen LogP contribution in [-0.2, 0) is 22.7 Å². The number of nitrogens with one attached hydrogen (secondary N) is 1. The molecule has 0 amide bonds. The van der Waals surface area contributed by atoms with E-state index >= 15 is 0 Å². The van der Waals surface area contributed by atoms with Gasteiger partial charge in [0.15, 0.2) is 0 Å². The summed E-state index contributed by atoms with van der Waals surface area (Å²) in [5.74, 6) is -1.84. The van der Waals surface area contributed by atoms with Gasteiger partial charge in [-0.15, -0.1) is 0 Å². The van der Waals surface area contributed by atoms with Gasteiger partial charge in [0.2, 0.25) is 0 Å². The second-order valence-electron chi connectivity index (χ2n) is 7.04. The average Bonchev–Trinajstić information content (AvgIpc) is 3.17. The molecule has 1 atom stereocenters. The minimum Gasteiger partial charge on any atom is -0.480 e. The predicted octanol–water partition coefficient (Wildman–Crippen LogP) is 1.84. The van der Waals surface area contributed by atoms with Gasteiger partial charge >= 0.3 is 11.9 Å². The number of hydrogen-bond donors (Lipinski definition) is 3. The molecule has 0 fully saturated rings. The number of aliphatic carboxylic acids is 2. The van der Waals surface area contributed by atoms with Crippen LogP contribution in [0.4, 0.5) is 0 Å². The third-order valence-electron chi connectivity index (χ3n) is 4.61. The molecular weight excluding hydrogens is 374 g/mol. The van der Waals surface area contributed by atoms with Gasteiger partial charge in [0, 0.05) is 38.1 Å². The molecule has 0 aliphatic heterocycles. The lowest BCUT2D eigenvalue weighted by Crippen LogP contribution is -2.46. The number of aromatic amines is 1. The number of imidazole rings is 1. The Labute approximate surface area is 170 Å². The van der Waals surface area contributed by atoms with Gasteiger partial charge < -0.3 is 15.2 Å². The maximum absolute atomic E-state index is 11.5. The standard InChI is InChI=1S/C20H29N5O4/c1-2-3-7-18(12-24(13-19(26)27)10-17-9-21-15-23-17)25(14-20(28)29)11-16-6-4-5-8-22-16/h4-6,8-9,15,18H,2-3,7,10-14H2,1H3,(H,21,23)(H,26,27)(H,28,29). The number of carboxylic acids is 2. The molecule has 2 heterocycles. The molecule has 0 aromatic carbocycles. The first kappa shape index (κ1) is 22.5. The maximum atomic E-state index is 11.5. The quantitative estimate of drug-likeness (QED) is 0.437. The van der Waals surface area contributed by atoms with Crippen LogP contribution in [0, 0.1) is 0 Å². The number of aromatic nitrogens is 3. The van der Waals surface area contributed by atoms with Gasteiger partial charge in [0.1, 0.15) is 0 Å². The molecule has 9 heteroatoms. The second-order valence-corrected chi connectivity index (χ2v) is 7.04. The number of hydrogen-bond acceptors (Lipinski definition) is 6. The summed E-state index contributed by atoms with van der Waals surface area (Å²) in [5.41, 5.74) is 1.53. The van der Waals surface area contributed by atoms with Crippen LogP contribution in [0.2, 0.25) is 0 Å². The summed E-state index contributed by atoms with van der Waals surface area (Å²) >= 11 is 0. The van der Waals surface area contributed by atoms with Crippen LogP contribution in [0.15, 0.2) is 36.9 Å². The summed E-state index contributed by atoms with van der Waals surface area (Å²) in [4.78, 5) is 38.0. The fourth-order valence-corrected chi connectivity index (χ4v) is 3.30. The van der Waals surface area contributed by atoms with Gasteiger partial charge in [-0.25, -0.2) is 4.98 Å². The van der Waals surface area contributed by atoms with E-state index in [1.165, 1.54) is 0 Å². The van der Waals surface area contributed by atoms with Crippen molar-refractivity contribution in [2.24, 2.45) is 0 Å². The van der Waals surface area contributed by atoms with Crippen molar-refractivity contribution in [2.75, 3.05) is 19.6 Å². The van der Waals surface area contributed by atoms with Crippen LogP contribution in [0.5, 0.6) is 0 Å². The average molecular weight is 403 g/mol. The molecule has 158 valence electrons. The molecule has 2 rings (SSSR count). The van der Waals surface area contributed by atoms with Crippen LogP contribution in [-0.4, -0.2) is 72.6 Å². The number of pyridine rings is 1. The minimum absolute atomic E-state index is 0.119. The highest BCUT2D eigenvalue weighted by Gasteiger charge is 2.25. The van der Waals surface area contributed by atoms with E-state index in [4.69, 9.17) is 0 Å². The lowest BCUT2D eigenvalue weighted by molar-refractivity contribution is -0.141. The smallest absolute Gasteiger partial charge is 0.317 e. The number of nitrogens with zero attached hydrogens (tertiary/aromatic N) is 4. The van der Waals surface area contributed by atoms with Crippen LogP contribution in [0.25, 0.3) is 0 Å². The Hall–Kier alpha value is -2.78. The van der Waals surface area contributed by atoms with Crippen molar-refractivity contribution < 1.29 is 19.8 Å². The monoisotopic (exact) mass is 403 g/mol. The van der Waals surface area contributed by atoms with Crippen LogP contribution in [0.1, 0.15) is 37.6 Å². The van der Waals surface area contributed by atoms with Crippen molar-refractivity contribution in [3.63, 3.8) is 0 Å². The zero-order chi connectivity index (χ0) is 21.1. The molecular formula is C20H29N5O4. The topological polar surface area (TPSA) is 123 Å². The molecule has 0 aliphatic rings. The SMILES string of the molecule is CCCCC(CN(CC(=O)O)Cc1c[nH]cn1)N(CC(=O)O)Cc1ccccn1. The van der Waals surface area contributed by atoms with Crippen molar-refractivity contribution in [1.29, 1.82) is 0 Å². The number of carbonyl (C=O) groups is 2. The molecule has 2 aromatic heterocycles. The van der Waals surface area contributed by atoms with Crippen molar-refractivity contribution in [1.82, 2.24) is 24.8 Å². The van der Waals surface area contributed by atoms with Crippen LogP contribution in [0.3, 0.4) is 0 Å². The first-order chi connectivity index (χ1) is 14.0. The van der Waals surface area contributed by atoms with E-state index < -0.39 is 11.9 Å². The molecule has 0 saturated heterocycles. The summed E-state index contributed by atoms with van der Waals surface area (Å²) in [7, 11) is 0. The summed E-state index contributed by atoms with van der Waals surface area (Å²) in [6.07, 6.45) is 7.64. The molecule has 0 radical (unpaired) electrons. The summed E-state index contributed by atoms with van der Waals surface area (Å²) < 4.78 is 0. The summed E-state index contributed by atoms with van der Waals surface area (Å²) in [5, 5.41) is 18.8. The van der Waals surface area contributed by atoms with Crippen LogP contribution >= 0.6 is 0 Å². The zero-order valence-corrected chi connectivity index (χ0v) is 16.7. The summed E-state index contributed by atoms with van der Waals surface area (Å²) in [6, 6.07) is 5.44. The van der Waals surface area contributed by atoms with E-state index in [1.807, 2.05) is 23.1 Å². The van der Waals surface area contributed by atoms with E-state index in [9.17, 15) is 19.8 Å². The Morgan fingerprint density at radius 2 is 1.90 bits per heavy atom. The van der Waals surface area contributed by atoms with E-state index in [-0.39, 0.29) is 19.1 Å². The number of unbranched alkanes of at least 4 members (excludes halogenated alkanes) is 1. The second kappa shape index (κ2) is 11.9. The maximum Gasteiger partial charge on any atom is 0.317 e. The molecule has 0 aliphatic carbocycles. The number of rotatable bonds is 14. The highest BCUT2D eigenvalue weighted by molar-refractivity contribution is 5.69. The van der Waals surface area contributed by atoms with Gasteiger partial charge in [-0.3, -0.25) is 24.4 Å². The highest BCUT2D eigenvalue weighted by atomic mass is 16.4. The number of H-pyrrole nitrogens is 1. The van der Waals surface area contributed by atoms with Gasteiger partial charge in [0.25, 0.3) is 0 Å². The summed E-state index contributed by atoms with van der Waals surface area (Å²) in [6.45, 7) is 3.01. The van der Waals surface area contributed by atoms with Crippen molar-refractivity contribution in [3.05, 3.63) is 48.3 Å². The van der Waals surface area contributed by atoms with E-state index in [2.05, 4.69) is 21.9 Å². The normalized spacial score (nSPS) is 12.4. The Balaban J connectivity index is 2.20. The van der Waals surface area contributed by atoms with Crippen LogP contribution < -0.4 is 0 Å². The molecule has 0 bridgehead atoms. The number of carboxylic acid groups (broad SMARTS) is 2. The van der Waals surface area contributed by atoms with Crippen molar-refractivity contribution >= 4 is 11.9 Å². The lowest BCUT2D eigenvalue weighted by atomic mass is 10.1. The molecule has 29 heavy (non-hydrogen) atoms. The highest BCUT2D eigenvalue weighted by Crippen LogP contribution is 2.15. The molecule has 0 saturated carbocycles. The Morgan fingerprint density at radius 3 is 2.48 bits per heavy atom. The van der Waals surface area contributed by atoms with Gasteiger partial charge in [-0.2, -0.15) is 0 Å². The van der Waals surface area contributed by atoms with Gasteiger partial charge in [-0.05, 0) is 18.6 Å². The van der Waals surface area contributed by atoms with E-state index in [1.54, 1.807) is 23.6 Å². The van der Waals surface area contributed by atoms with E-state index in [0.29, 0.717) is 19.6 Å². The van der Waals surface area contributed by atoms with Crippen molar-refractivity contribution in [3.8, 4) is 0 Å². The largest absolute Gasteiger partial charge is 0.480 e. The Morgan fingerprint density at radius 1 is 1.10 bits per heavy atom. The predicted molar refractivity (Wildman–Crippen MR) is 107 cm³/mol. The molecule has 3 N–H and O–H groups in total. The van der Waals surface area contributed by atoms with Gasteiger partial charge in [-0.1, -0.05) is 25.8 Å². The Kier molecular flexibility index (Phi) is 9.26. The molecule has 2 aromatic rings. The molecule has 9 nitrogen and oxygen atoms in total. The Bertz CT molecular complexity index is 739. The third-order valence-corrected chi connectivity index (χ3v) is 4.61. The van der Waals surface area contributed by atoms with Gasteiger partial charge in [0.05, 0.1) is 30.8 Å². The minimum atomic E-state index is -0.927. The third kappa shape index (κ3) is 8.41.